The van der Waals surface area contributed by atoms with Crippen LogP contribution in [0.25, 0.3) is 11.4 Å². The lowest BCUT2D eigenvalue weighted by molar-refractivity contribution is 0.383. The van der Waals surface area contributed by atoms with Crippen molar-refractivity contribution in [2.24, 2.45) is 0 Å². The Morgan fingerprint density at radius 1 is 1.21 bits per heavy atom. The van der Waals surface area contributed by atoms with Crippen molar-refractivity contribution in [3.05, 3.63) is 30.2 Å². The van der Waals surface area contributed by atoms with Gasteiger partial charge in [-0.25, -0.2) is 0 Å². The molecule has 0 spiro atoms. The van der Waals surface area contributed by atoms with Crippen LogP contribution >= 0.6 is 0 Å². The molecule has 1 aliphatic rings. The summed E-state index contributed by atoms with van der Waals surface area (Å²) < 4.78 is 5.13. The van der Waals surface area contributed by atoms with Crippen LogP contribution in [0.1, 0.15) is 12.8 Å². The molecule has 1 saturated heterocycles. The first-order chi connectivity index (χ1) is 9.36. The van der Waals surface area contributed by atoms with Crippen LogP contribution in [0.3, 0.4) is 0 Å². The van der Waals surface area contributed by atoms with Crippen LogP contribution < -0.4 is 10.2 Å². The maximum atomic E-state index is 5.13. The Balaban J connectivity index is 1.78. The molecule has 0 aliphatic carbocycles. The number of rotatable bonds is 3. The summed E-state index contributed by atoms with van der Waals surface area (Å²) in [6.45, 7) is 6.22. The lowest BCUT2D eigenvalue weighted by atomic mass is 10.1. The van der Waals surface area contributed by atoms with Crippen LogP contribution in [-0.2, 0) is 6.42 Å². The second-order valence-corrected chi connectivity index (χ2v) is 4.65. The Morgan fingerprint density at radius 2 is 1.95 bits per heavy atom. The van der Waals surface area contributed by atoms with Crippen molar-refractivity contribution in [1.82, 2.24) is 15.5 Å². The zero-order valence-corrected chi connectivity index (χ0v) is 11.1. The second-order valence-electron chi connectivity index (χ2n) is 4.65. The highest BCUT2D eigenvalue weighted by Gasteiger charge is 2.11. The Bertz CT molecular complexity index is 529. The number of aromatic nitrogens is 2. The van der Waals surface area contributed by atoms with Gasteiger partial charge in [0, 0.05) is 43.9 Å². The number of hydrogen-bond acceptors (Lipinski definition) is 5. The van der Waals surface area contributed by atoms with E-state index in [9.17, 15) is 0 Å². The number of benzene rings is 1. The number of nitrogens with zero attached hydrogens (tertiary/aromatic N) is 3. The van der Waals surface area contributed by atoms with Crippen molar-refractivity contribution >= 4 is 5.69 Å². The van der Waals surface area contributed by atoms with Gasteiger partial charge in [0.05, 0.1) is 0 Å². The molecule has 0 amide bonds. The predicted octanol–water partition coefficient (Wildman–Crippen LogP) is 1.71. The molecule has 5 nitrogen and oxygen atoms in total. The molecule has 2 aromatic rings. The van der Waals surface area contributed by atoms with Gasteiger partial charge >= 0.3 is 0 Å². The van der Waals surface area contributed by atoms with E-state index in [0.717, 1.165) is 38.2 Å². The van der Waals surface area contributed by atoms with Crippen molar-refractivity contribution < 1.29 is 4.52 Å². The monoisotopic (exact) mass is 258 g/mol. The average molecular weight is 258 g/mol. The third-order valence-electron chi connectivity index (χ3n) is 3.38. The third-order valence-corrected chi connectivity index (χ3v) is 3.38. The van der Waals surface area contributed by atoms with E-state index in [1.165, 1.54) is 5.69 Å². The predicted molar refractivity (Wildman–Crippen MR) is 74.2 cm³/mol. The molecule has 0 saturated carbocycles. The molecule has 1 aromatic heterocycles. The fourth-order valence-corrected chi connectivity index (χ4v) is 2.26. The Kier molecular flexibility index (Phi) is 3.46. The van der Waals surface area contributed by atoms with Crippen LogP contribution in [0.5, 0.6) is 0 Å². The van der Waals surface area contributed by atoms with E-state index in [4.69, 9.17) is 4.52 Å². The van der Waals surface area contributed by atoms with Crippen LogP contribution in [0, 0.1) is 0 Å². The smallest absolute Gasteiger partial charge is 0.226 e. The number of aryl methyl sites for hydroxylation is 1. The molecule has 0 unspecified atom stereocenters. The molecular weight excluding hydrogens is 240 g/mol. The highest BCUT2D eigenvalue weighted by molar-refractivity contribution is 5.60. The first kappa shape index (κ1) is 12.2. The Labute approximate surface area is 112 Å². The minimum atomic E-state index is 0.670. The quantitative estimate of drug-likeness (QED) is 0.908. The van der Waals surface area contributed by atoms with Crippen LogP contribution in [0.2, 0.25) is 0 Å². The number of nitrogens with one attached hydrogen (secondary N) is 1. The fraction of sp³-hybridized carbons (Fsp3) is 0.429. The minimum absolute atomic E-state index is 0.670. The summed E-state index contributed by atoms with van der Waals surface area (Å²) in [6, 6.07) is 8.37. The molecule has 5 heteroatoms. The summed E-state index contributed by atoms with van der Waals surface area (Å²) in [7, 11) is 0. The van der Waals surface area contributed by atoms with E-state index in [1.807, 2.05) is 6.92 Å². The molecule has 1 fully saturated rings. The normalized spacial score (nSPS) is 15.7. The van der Waals surface area contributed by atoms with Crippen LogP contribution in [0.15, 0.2) is 28.8 Å². The summed E-state index contributed by atoms with van der Waals surface area (Å²) >= 11 is 0. The lowest BCUT2D eigenvalue weighted by Gasteiger charge is -2.29. The van der Waals surface area contributed by atoms with Gasteiger partial charge in [-0.15, -0.1) is 0 Å². The van der Waals surface area contributed by atoms with Gasteiger partial charge in [0.2, 0.25) is 11.7 Å². The number of hydrogen-bond donors (Lipinski definition) is 1. The van der Waals surface area contributed by atoms with E-state index in [0.29, 0.717) is 11.7 Å². The van der Waals surface area contributed by atoms with Gasteiger partial charge in [-0.3, -0.25) is 0 Å². The van der Waals surface area contributed by atoms with Gasteiger partial charge in [0.1, 0.15) is 0 Å². The number of piperazine rings is 1. The summed E-state index contributed by atoms with van der Waals surface area (Å²) in [6.07, 6.45) is 0.770. The molecule has 1 N–H and O–H groups in total. The molecule has 1 aromatic carbocycles. The third kappa shape index (κ3) is 2.61. The highest BCUT2D eigenvalue weighted by Crippen LogP contribution is 2.21. The Hall–Kier alpha value is -1.88. The van der Waals surface area contributed by atoms with Crippen molar-refractivity contribution in [2.45, 2.75) is 13.3 Å². The zero-order valence-electron chi connectivity index (χ0n) is 11.1. The molecule has 0 atom stereocenters. The molecule has 2 heterocycles. The van der Waals surface area contributed by atoms with Gasteiger partial charge in [-0.2, -0.15) is 4.98 Å². The second kappa shape index (κ2) is 5.40. The van der Waals surface area contributed by atoms with Crippen molar-refractivity contribution in [2.75, 3.05) is 31.1 Å². The lowest BCUT2D eigenvalue weighted by Crippen LogP contribution is -2.43. The highest BCUT2D eigenvalue weighted by atomic mass is 16.5. The maximum absolute atomic E-state index is 5.13. The number of anilines is 1. The van der Waals surface area contributed by atoms with Crippen molar-refractivity contribution in [3.63, 3.8) is 0 Å². The van der Waals surface area contributed by atoms with Gasteiger partial charge < -0.3 is 14.7 Å². The van der Waals surface area contributed by atoms with Crippen LogP contribution in [-0.4, -0.2) is 36.3 Å². The standard InChI is InChI=1S/C14H18N4O/c1-2-13-16-14(17-19-13)11-3-5-12(6-4-11)18-9-7-15-8-10-18/h3-6,15H,2,7-10H2,1H3. The van der Waals surface area contributed by atoms with E-state index < -0.39 is 0 Å². The summed E-state index contributed by atoms with van der Waals surface area (Å²) in [4.78, 5) is 6.72. The topological polar surface area (TPSA) is 54.2 Å². The first-order valence-electron chi connectivity index (χ1n) is 6.75. The molecule has 1 aliphatic heterocycles. The van der Waals surface area contributed by atoms with E-state index >= 15 is 0 Å². The van der Waals surface area contributed by atoms with E-state index in [2.05, 4.69) is 44.6 Å². The van der Waals surface area contributed by atoms with Crippen LogP contribution in [0.4, 0.5) is 5.69 Å². The maximum Gasteiger partial charge on any atom is 0.226 e. The molecule has 100 valence electrons. The van der Waals surface area contributed by atoms with Gasteiger partial charge in [0.25, 0.3) is 0 Å². The van der Waals surface area contributed by atoms with Crippen molar-refractivity contribution in [3.8, 4) is 11.4 Å². The molecule has 0 bridgehead atoms. The van der Waals surface area contributed by atoms with Gasteiger partial charge in [0.15, 0.2) is 0 Å². The van der Waals surface area contributed by atoms with E-state index in [1.54, 1.807) is 0 Å². The molecule has 19 heavy (non-hydrogen) atoms. The summed E-state index contributed by atoms with van der Waals surface area (Å²) in [5.41, 5.74) is 2.26. The summed E-state index contributed by atoms with van der Waals surface area (Å²) in [5, 5.41) is 7.35. The SMILES string of the molecule is CCc1nc(-c2ccc(N3CCNCC3)cc2)no1. The van der Waals surface area contributed by atoms with Crippen molar-refractivity contribution in [1.29, 1.82) is 0 Å². The molecule has 0 radical (unpaired) electrons. The Morgan fingerprint density at radius 3 is 2.58 bits per heavy atom. The summed E-state index contributed by atoms with van der Waals surface area (Å²) in [5.74, 6) is 1.35. The largest absolute Gasteiger partial charge is 0.369 e. The minimum Gasteiger partial charge on any atom is -0.369 e. The molecular formula is C14H18N4O. The fourth-order valence-electron chi connectivity index (χ4n) is 2.26. The van der Waals surface area contributed by atoms with Gasteiger partial charge in [-0.1, -0.05) is 12.1 Å². The first-order valence-corrected chi connectivity index (χ1v) is 6.75. The molecule has 3 rings (SSSR count). The van der Waals surface area contributed by atoms with E-state index in [-0.39, 0.29) is 0 Å². The van der Waals surface area contributed by atoms with Gasteiger partial charge in [-0.05, 0) is 24.3 Å². The average Bonchev–Trinajstić information content (AvgIpc) is 2.97. The zero-order chi connectivity index (χ0) is 13.1.